The van der Waals surface area contributed by atoms with Crippen LogP contribution in [0.15, 0.2) is 30.6 Å². The molecule has 3 aromatic rings. The highest BCUT2D eigenvalue weighted by Crippen LogP contribution is 2.34. The van der Waals surface area contributed by atoms with Gasteiger partial charge in [-0.25, -0.2) is 14.8 Å². The molecule has 2 heterocycles. The number of nitrogens with one attached hydrogen (secondary N) is 1. The molecule has 0 fully saturated rings. The Bertz CT molecular complexity index is 924. The second-order valence-corrected chi connectivity index (χ2v) is 7.44. The van der Waals surface area contributed by atoms with Crippen LogP contribution >= 0.6 is 23.7 Å². The number of aromatic nitrogens is 2. The zero-order valence-corrected chi connectivity index (χ0v) is 16.8. The first-order valence-electron chi connectivity index (χ1n) is 8.20. The molecule has 0 aliphatic heterocycles. The number of aryl methyl sites for hydroxylation is 2. The summed E-state index contributed by atoms with van der Waals surface area (Å²) in [5.41, 5.74) is 2.97. The van der Waals surface area contributed by atoms with Gasteiger partial charge < -0.3 is 10.1 Å². The Morgan fingerprint density at radius 3 is 2.73 bits per heavy atom. The summed E-state index contributed by atoms with van der Waals surface area (Å²) in [5.74, 6) is 0.708. The smallest absolute Gasteiger partial charge is 0.348 e. The van der Waals surface area contributed by atoms with E-state index in [1.54, 1.807) is 0 Å². The molecule has 0 radical (unpaired) electrons. The number of benzene rings is 1. The van der Waals surface area contributed by atoms with E-state index in [2.05, 4.69) is 15.3 Å². The largest absolute Gasteiger partial charge is 0.461 e. The van der Waals surface area contributed by atoms with E-state index in [0.29, 0.717) is 23.2 Å². The highest BCUT2D eigenvalue weighted by molar-refractivity contribution is 7.20. The average Bonchev–Trinajstić information content (AvgIpc) is 2.91. The zero-order chi connectivity index (χ0) is 18.0. The molecule has 0 aliphatic rings. The lowest BCUT2D eigenvalue weighted by Crippen LogP contribution is -2.09. The van der Waals surface area contributed by atoms with Gasteiger partial charge in [-0.2, -0.15) is 0 Å². The number of halogens is 1. The van der Waals surface area contributed by atoms with Crippen molar-refractivity contribution in [2.75, 3.05) is 11.9 Å². The molecule has 1 N–H and O–H groups in total. The quantitative estimate of drug-likeness (QED) is 0.599. The number of carbonyl (C=O) groups is 1. The Balaban J connectivity index is 0.00000243. The summed E-state index contributed by atoms with van der Waals surface area (Å²) in [6, 6.07) is 8.07. The molecule has 0 aliphatic carbocycles. The fourth-order valence-electron chi connectivity index (χ4n) is 2.53. The van der Waals surface area contributed by atoms with Crippen LogP contribution in [0.2, 0.25) is 0 Å². The van der Waals surface area contributed by atoms with Crippen LogP contribution in [0, 0.1) is 19.8 Å². The molecule has 3 rings (SSSR count). The van der Waals surface area contributed by atoms with E-state index < -0.39 is 0 Å². The Morgan fingerprint density at radius 2 is 2.04 bits per heavy atom. The van der Waals surface area contributed by atoms with Crippen molar-refractivity contribution < 1.29 is 9.53 Å². The van der Waals surface area contributed by atoms with Crippen molar-refractivity contribution >= 4 is 51.4 Å². The lowest BCUT2D eigenvalue weighted by atomic mass is 10.2. The van der Waals surface area contributed by atoms with Gasteiger partial charge in [0, 0.05) is 5.69 Å². The standard InChI is InChI=1S/C19H21N3O2S.ClH/c1-11(2)9-24-19(23)16-13(4)15-17(20-10-21-18(15)25-16)22-14-7-5-6-12(3)8-14;/h5-8,10-11H,9H2,1-4H3,(H,20,21,22);1H. The summed E-state index contributed by atoms with van der Waals surface area (Å²) in [5, 5.41) is 4.20. The van der Waals surface area contributed by atoms with Gasteiger partial charge in [0.05, 0.1) is 12.0 Å². The van der Waals surface area contributed by atoms with Crippen molar-refractivity contribution in [3.05, 3.63) is 46.6 Å². The van der Waals surface area contributed by atoms with E-state index in [4.69, 9.17) is 4.74 Å². The average molecular weight is 392 g/mol. The minimum Gasteiger partial charge on any atom is -0.461 e. The maximum absolute atomic E-state index is 12.4. The maximum Gasteiger partial charge on any atom is 0.348 e. The van der Waals surface area contributed by atoms with Gasteiger partial charge in [-0.1, -0.05) is 26.0 Å². The minimum atomic E-state index is -0.296. The van der Waals surface area contributed by atoms with Crippen LogP contribution in [-0.2, 0) is 4.74 Å². The van der Waals surface area contributed by atoms with Gasteiger partial charge in [-0.05, 0) is 43.0 Å². The lowest BCUT2D eigenvalue weighted by Gasteiger charge is -2.08. The Kier molecular flexibility index (Phi) is 6.56. The SMILES string of the molecule is Cc1cccc(Nc2ncnc3sc(C(=O)OCC(C)C)c(C)c23)c1.Cl. The Hall–Kier alpha value is -2.18. The molecule has 0 amide bonds. The molecule has 0 unspecified atom stereocenters. The van der Waals surface area contributed by atoms with Crippen molar-refractivity contribution in [2.24, 2.45) is 5.92 Å². The number of nitrogens with zero attached hydrogens (tertiary/aromatic N) is 2. The van der Waals surface area contributed by atoms with Crippen LogP contribution < -0.4 is 5.32 Å². The Labute approximate surface area is 163 Å². The first-order chi connectivity index (χ1) is 12.0. The third-order valence-corrected chi connectivity index (χ3v) is 4.92. The molecule has 7 heteroatoms. The fourth-order valence-corrected chi connectivity index (χ4v) is 3.57. The summed E-state index contributed by atoms with van der Waals surface area (Å²) < 4.78 is 5.38. The van der Waals surface area contributed by atoms with E-state index in [9.17, 15) is 4.79 Å². The molecule has 0 atom stereocenters. The topological polar surface area (TPSA) is 64.1 Å². The number of carbonyl (C=O) groups excluding carboxylic acids is 1. The lowest BCUT2D eigenvalue weighted by molar-refractivity contribution is 0.0464. The van der Waals surface area contributed by atoms with Gasteiger partial charge in [0.15, 0.2) is 0 Å². The molecule has 2 aromatic heterocycles. The number of fused-ring (bicyclic) bond motifs is 1. The third kappa shape index (κ3) is 4.31. The van der Waals surface area contributed by atoms with E-state index in [1.165, 1.54) is 17.7 Å². The van der Waals surface area contributed by atoms with Crippen molar-refractivity contribution in [1.29, 1.82) is 0 Å². The number of ether oxygens (including phenoxy) is 1. The van der Waals surface area contributed by atoms with Gasteiger partial charge in [0.2, 0.25) is 0 Å². The summed E-state index contributed by atoms with van der Waals surface area (Å²) in [4.78, 5) is 22.4. The first-order valence-corrected chi connectivity index (χ1v) is 9.02. The van der Waals surface area contributed by atoms with Crippen LogP contribution in [0.3, 0.4) is 0 Å². The van der Waals surface area contributed by atoms with Crippen LogP contribution in [0.1, 0.15) is 34.6 Å². The van der Waals surface area contributed by atoms with Crippen LogP contribution in [0.5, 0.6) is 0 Å². The number of hydrogen-bond donors (Lipinski definition) is 1. The van der Waals surface area contributed by atoms with Gasteiger partial charge in [0.1, 0.15) is 21.9 Å². The number of thiophene rings is 1. The third-order valence-electron chi connectivity index (χ3n) is 3.74. The molecular formula is C19H22ClN3O2S. The summed E-state index contributed by atoms with van der Waals surface area (Å²) in [6.07, 6.45) is 1.51. The van der Waals surface area contributed by atoms with Gasteiger partial charge in [-0.15, -0.1) is 23.7 Å². The Morgan fingerprint density at radius 1 is 1.27 bits per heavy atom. The second-order valence-electron chi connectivity index (χ2n) is 6.45. The van der Waals surface area contributed by atoms with Gasteiger partial charge in [0.25, 0.3) is 0 Å². The van der Waals surface area contributed by atoms with Crippen molar-refractivity contribution in [3.8, 4) is 0 Å². The molecule has 0 saturated carbocycles. The molecule has 138 valence electrons. The molecule has 1 aromatic carbocycles. The molecule has 0 saturated heterocycles. The fraction of sp³-hybridized carbons (Fsp3) is 0.316. The van der Waals surface area contributed by atoms with Crippen molar-refractivity contribution in [2.45, 2.75) is 27.7 Å². The summed E-state index contributed by atoms with van der Waals surface area (Å²) >= 11 is 1.35. The predicted octanol–water partition coefficient (Wildman–Crippen LogP) is 5.29. The highest BCUT2D eigenvalue weighted by Gasteiger charge is 2.20. The summed E-state index contributed by atoms with van der Waals surface area (Å²) in [6.45, 7) is 8.39. The number of hydrogen-bond acceptors (Lipinski definition) is 6. The van der Waals surface area contributed by atoms with Gasteiger partial charge in [-0.3, -0.25) is 0 Å². The first kappa shape index (κ1) is 20.1. The monoisotopic (exact) mass is 391 g/mol. The van der Waals surface area contributed by atoms with E-state index >= 15 is 0 Å². The van der Waals surface area contributed by atoms with Gasteiger partial charge >= 0.3 is 5.97 Å². The summed E-state index contributed by atoms with van der Waals surface area (Å²) in [7, 11) is 0. The zero-order valence-electron chi connectivity index (χ0n) is 15.2. The molecular weight excluding hydrogens is 370 g/mol. The van der Waals surface area contributed by atoms with E-state index in [0.717, 1.165) is 27.0 Å². The maximum atomic E-state index is 12.4. The van der Waals surface area contributed by atoms with Crippen LogP contribution in [-0.4, -0.2) is 22.5 Å². The number of anilines is 2. The predicted molar refractivity (Wildman–Crippen MR) is 109 cm³/mol. The molecule has 0 bridgehead atoms. The van der Waals surface area contributed by atoms with Crippen molar-refractivity contribution in [1.82, 2.24) is 9.97 Å². The normalized spacial score (nSPS) is 10.7. The van der Waals surface area contributed by atoms with E-state index in [1.807, 2.05) is 52.0 Å². The molecule has 5 nitrogen and oxygen atoms in total. The van der Waals surface area contributed by atoms with E-state index in [-0.39, 0.29) is 18.4 Å². The van der Waals surface area contributed by atoms with Crippen molar-refractivity contribution in [3.63, 3.8) is 0 Å². The molecule has 26 heavy (non-hydrogen) atoms. The highest BCUT2D eigenvalue weighted by atomic mass is 35.5. The number of rotatable bonds is 5. The molecule has 0 spiro atoms. The number of esters is 1. The van der Waals surface area contributed by atoms with Crippen LogP contribution in [0.4, 0.5) is 11.5 Å². The second kappa shape index (κ2) is 8.47. The van der Waals surface area contributed by atoms with Crippen LogP contribution in [0.25, 0.3) is 10.2 Å². The minimum absolute atomic E-state index is 0.